The second kappa shape index (κ2) is 8.31. The highest BCUT2D eigenvalue weighted by Gasteiger charge is 2.06. The zero-order chi connectivity index (χ0) is 14.9. The number of nitrogens with zero attached hydrogens (tertiary/aromatic N) is 1. The molecule has 2 aromatic rings. The van der Waals surface area contributed by atoms with Crippen LogP contribution in [0.3, 0.4) is 0 Å². The lowest BCUT2D eigenvalue weighted by molar-refractivity contribution is 0.307. The van der Waals surface area contributed by atoms with Crippen molar-refractivity contribution in [3.05, 3.63) is 64.7 Å². The fourth-order valence-corrected chi connectivity index (χ4v) is 2.15. The van der Waals surface area contributed by atoms with Crippen molar-refractivity contribution in [1.82, 2.24) is 5.32 Å². The molecule has 0 heterocycles. The topological polar surface area (TPSA) is 45.0 Å². The first-order chi connectivity index (χ1) is 10.3. The Morgan fingerprint density at radius 3 is 2.67 bits per heavy atom. The van der Waals surface area contributed by atoms with Crippen molar-refractivity contribution in [2.24, 2.45) is 0 Å². The number of ether oxygens (including phenoxy) is 1. The largest absolute Gasteiger partial charge is 0.492 e. The Hall–Kier alpha value is -2.02. The molecule has 0 bridgehead atoms. The number of benzene rings is 2. The molecule has 1 N–H and O–H groups in total. The summed E-state index contributed by atoms with van der Waals surface area (Å²) in [5.74, 6) is 0.549. The van der Waals surface area contributed by atoms with Crippen LogP contribution in [0.2, 0.25) is 5.02 Å². The Balaban J connectivity index is 1.69. The SMILES string of the molecule is N#Cc1c(Cl)cccc1OCCCNCc1ccccc1. The van der Waals surface area contributed by atoms with E-state index >= 15 is 0 Å². The number of nitrogens with one attached hydrogen (secondary N) is 1. The summed E-state index contributed by atoms with van der Waals surface area (Å²) >= 11 is 5.95. The molecule has 4 heteroatoms. The van der Waals surface area contributed by atoms with Gasteiger partial charge in [0.2, 0.25) is 0 Å². The molecule has 2 aromatic carbocycles. The molecule has 0 saturated carbocycles. The van der Waals surface area contributed by atoms with Gasteiger partial charge in [-0.15, -0.1) is 0 Å². The second-order valence-electron chi connectivity index (χ2n) is 4.59. The van der Waals surface area contributed by atoms with Crippen molar-refractivity contribution in [3.8, 4) is 11.8 Å². The normalized spacial score (nSPS) is 10.1. The van der Waals surface area contributed by atoms with Crippen LogP contribution in [-0.2, 0) is 6.54 Å². The van der Waals surface area contributed by atoms with Crippen LogP contribution in [0, 0.1) is 11.3 Å². The molecule has 108 valence electrons. The van der Waals surface area contributed by atoms with Gasteiger partial charge in [-0.1, -0.05) is 48.0 Å². The first-order valence-electron chi connectivity index (χ1n) is 6.87. The number of halogens is 1. The summed E-state index contributed by atoms with van der Waals surface area (Å²) in [6, 6.07) is 17.6. The van der Waals surface area contributed by atoms with Gasteiger partial charge in [0.25, 0.3) is 0 Å². The average molecular weight is 301 g/mol. The Morgan fingerprint density at radius 2 is 1.90 bits per heavy atom. The lowest BCUT2D eigenvalue weighted by Gasteiger charge is -2.09. The fraction of sp³-hybridized carbons (Fsp3) is 0.235. The van der Waals surface area contributed by atoms with E-state index in [1.54, 1.807) is 18.2 Å². The van der Waals surface area contributed by atoms with Gasteiger partial charge in [0.1, 0.15) is 17.4 Å². The summed E-state index contributed by atoms with van der Waals surface area (Å²) in [4.78, 5) is 0. The fourth-order valence-electron chi connectivity index (χ4n) is 1.94. The van der Waals surface area contributed by atoms with E-state index in [0.717, 1.165) is 19.5 Å². The molecule has 0 amide bonds. The number of hydrogen-bond donors (Lipinski definition) is 1. The number of hydrogen-bond acceptors (Lipinski definition) is 3. The van der Waals surface area contributed by atoms with Crippen molar-refractivity contribution < 1.29 is 4.74 Å². The molecule has 2 rings (SSSR count). The monoisotopic (exact) mass is 300 g/mol. The molecule has 0 fully saturated rings. The van der Waals surface area contributed by atoms with E-state index in [9.17, 15) is 0 Å². The zero-order valence-electron chi connectivity index (χ0n) is 11.7. The molecule has 0 saturated heterocycles. The molecule has 0 aliphatic heterocycles. The minimum atomic E-state index is 0.399. The van der Waals surface area contributed by atoms with E-state index in [1.165, 1.54) is 5.56 Å². The third kappa shape index (κ3) is 4.78. The molecule has 0 aromatic heterocycles. The number of rotatable bonds is 7. The molecule has 0 spiro atoms. The Morgan fingerprint density at radius 1 is 1.10 bits per heavy atom. The highest BCUT2D eigenvalue weighted by Crippen LogP contribution is 2.25. The summed E-state index contributed by atoms with van der Waals surface area (Å²) in [6.07, 6.45) is 0.865. The first-order valence-corrected chi connectivity index (χ1v) is 7.25. The molecule has 0 unspecified atom stereocenters. The van der Waals surface area contributed by atoms with Crippen LogP contribution >= 0.6 is 11.6 Å². The molecule has 0 radical (unpaired) electrons. The average Bonchev–Trinajstić information content (AvgIpc) is 2.52. The summed E-state index contributed by atoms with van der Waals surface area (Å²) in [7, 11) is 0. The van der Waals surface area contributed by atoms with Crippen LogP contribution in [0.1, 0.15) is 17.5 Å². The highest BCUT2D eigenvalue weighted by molar-refractivity contribution is 6.31. The van der Waals surface area contributed by atoms with Gasteiger partial charge < -0.3 is 10.1 Å². The van der Waals surface area contributed by atoms with Gasteiger partial charge in [-0.2, -0.15) is 5.26 Å². The van der Waals surface area contributed by atoms with Crippen molar-refractivity contribution in [1.29, 1.82) is 5.26 Å². The van der Waals surface area contributed by atoms with Crippen molar-refractivity contribution in [2.45, 2.75) is 13.0 Å². The van der Waals surface area contributed by atoms with E-state index in [-0.39, 0.29) is 0 Å². The predicted molar refractivity (Wildman–Crippen MR) is 84.4 cm³/mol. The lowest BCUT2D eigenvalue weighted by atomic mass is 10.2. The van der Waals surface area contributed by atoms with E-state index in [4.69, 9.17) is 21.6 Å². The Labute approximate surface area is 130 Å². The molecule has 3 nitrogen and oxygen atoms in total. The van der Waals surface area contributed by atoms with Gasteiger partial charge in [-0.3, -0.25) is 0 Å². The van der Waals surface area contributed by atoms with E-state index in [1.807, 2.05) is 18.2 Å². The quantitative estimate of drug-likeness (QED) is 0.792. The minimum Gasteiger partial charge on any atom is -0.492 e. The standard InChI is InChI=1S/C17H17ClN2O/c18-16-8-4-9-17(15(16)12-19)21-11-5-10-20-13-14-6-2-1-3-7-14/h1-4,6-9,20H,5,10-11,13H2. The molecule has 21 heavy (non-hydrogen) atoms. The lowest BCUT2D eigenvalue weighted by Crippen LogP contribution is -2.17. The maximum absolute atomic E-state index is 9.04. The third-order valence-electron chi connectivity index (χ3n) is 3.01. The number of nitriles is 1. The summed E-state index contributed by atoms with van der Waals surface area (Å²) in [5, 5.41) is 12.8. The molecule has 0 aliphatic carbocycles. The van der Waals surface area contributed by atoms with Gasteiger partial charge in [0.15, 0.2) is 0 Å². The van der Waals surface area contributed by atoms with Crippen molar-refractivity contribution in [3.63, 3.8) is 0 Å². The van der Waals surface area contributed by atoms with E-state index < -0.39 is 0 Å². The summed E-state index contributed by atoms with van der Waals surface area (Å²) in [5.41, 5.74) is 1.66. The molecule has 0 atom stereocenters. The van der Waals surface area contributed by atoms with Crippen LogP contribution < -0.4 is 10.1 Å². The summed E-state index contributed by atoms with van der Waals surface area (Å²) < 4.78 is 5.61. The van der Waals surface area contributed by atoms with Crippen molar-refractivity contribution in [2.75, 3.05) is 13.2 Å². The zero-order valence-corrected chi connectivity index (χ0v) is 12.4. The smallest absolute Gasteiger partial charge is 0.138 e. The third-order valence-corrected chi connectivity index (χ3v) is 3.33. The summed E-state index contributed by atoms with van der Waals surface area (Å²) in [6.45, 7) is 2.26. The molecule has 0 aliphatic rings. The minimum absolute atomic E-state index is 0.399. The molecular weight excluding hydrogens is 284 g/mol. The predicted octanol–water partition coefficient (Wildman–Crippen LogP) is 3.77. The van der Waals surface area contributed by atoms with Crippen LogP contribution in [-0.4, -0.2) is 13.2 Å². The Bertz CT molecular complexity index is 608. The van der Waals surface area contributed by atoms with Crippen LogP contribution in [0.4, 0.5) is 0 Å². The van der Waals surface area contributed by atoms with Gasteiger partial charge in [-0.25, -0.2) is 0 Å². The van der Waals surface area contributed by atoms with Gasteiger partial charge in [0, 0.05) is 6.54 Å². The maximum atomic E-state index is 9.04. The van der Waals surface area contributed by atoms with Gasteiger partial charge >= 0.3 is 0 Å². The highest BCUT2D eigenvalue weighted by atomic mass is 35.5. The Kier molecular flexibility index (Phi) is 6.08. The maximum Gasteiger partial charge on any atom is 0.138 e. The second-order valence-corrected chi connectivity index (χ2v) is 5.00. The first kappa shape index (κ1) is 15.4. The van der Waals surface area contributed by atoms with Crippen LogP contribution in [0.25, 0.3) is 0 Å². The van der Waals surface area contributed by atoms with Gasteiger partial charge in [-0.05, 0) is 30.7 Å². The molecular formula is C17H17ClN2O. The van der Waals surface area contributed by atoms with Crippen LogP contribution in [0.5, 0.6) is 5.75 Å². The van der Waals surface area contributed by atoms with E-state index in [0.29, 0.717) is 22.9 Å². The van der Waals surface area contributed by atoms with Crippen LogP contribution in [0.15, 0.2) is 48.5 Å². The van der Waals surface area contributed by atoms with Crippen molar-refractivity contribution >= 4 is 11.6 Å². The van der Waals surface area contributed by atoms with Gasteiger partial charge in [0.05, 0.1) is 11.6 Å². The van der Waals surface area contributed by atoms with E-state index in [2.05, 4.69) is 23.5 Å².